The lowest BCUT2D eigenvalue weighted by molar-refractivity contribution is -0.122. The van der Waals surface area contributed by atoms with Gasteiger partial charge in [-0.2, -0.15) is 0 Å². The van der Waals surface area contributed by atoms with E-state index in [-0.39, 0.29) is 5.91 Å². The van der Waals surface area contributed by atoms with Crippen LogP contribution in [0.1, 0.15) is 51.9 Å². The van der Waals surface area contributed by atoms with E-state index >= 15 is 0 Å². The van der Waals surface area contributed by atoms with Crippen molar-refractivity contribution in [3.8, 4) is 0 Å². The molecule has 0 aliphatic carbocycles. The third kappa shape index (κ3) is 5.07. The maximum absolute atomic E-state index is 12.0. The van der Waals surface area contributed by atoms with Gasteiger partial charge in [-0.15, -0.1) is 0 Å². The van der Waals surface area contributed by atoms with E-state index in [1.54, 1.807) is 0 Å². The second-order valence-corrected chi connectivity index (χ2v) is 6.05. The third-order valence-corrected chi connectivity index (χ3v) is 4.34. The fourth-order valence-electron chi connectivity index (χ4n) is 2.47. The summed E-state index contributed by atoms with van der Waals surface area (Å²) in [5, 5.41) is 3.10. The number of hydrogen-bond donors (Lipinski definition) is 2. The molecule has 5 heteroatoms. The molecule has 0 aromatic heterocycles. The second kappa shape index (κ2) is 7.80. The molecule has 0 atom stereocenters. The quantitative estimate of drug-likeness (QED) is 0.553. The Hall–Kier alpha value is -0.680. The van der Waals surface area contributed by atoms with E-state index in [4.69, 9.17) is 18.0 Å². The first-order chi connectivity index (χ1) is 9.00. The van der Waals surface area contributed by atoms with Crippen molar-refractivity contribution in [2.24, 2.45) is 5.73 Å². The highest BCUT2D eigenvalue weighted by molar-refractivity contribution is 7.80. The van der Waals surface area contributed by atoms with E-state index in [0.29, 0.717) is 11.4 Å². The summed E-state index contributed by atoms with van der Waals surface area (Å²) in [6.45, 7) is 4.02. The Morgan fingerprint density at radius 1 is 1.32 bits per heavy atom. The van der Waals surface area contributed by atoms with Crippen LogP contribution in [0.3, 0.4) is 0 Å². The molecule has 0 radical (unpaired) electrons. The molecule has 1 heterocycles. The van der Waals surface area contributed by atoms with Gasteiger partial charge in [0.2, 0.25) is 5.91 Å². The number of carbonyl (C=O) groups excluding carboxylic acids is 1. The summed E-state index contributed by atoms with van der Waals surface area (Å²) in [5.74, 6) is 0.0912. The number of carbonyl (C=O) groups is 1. The summed E-state index contributed by atoms with van der Waals surface area (Å²) in [6, 6.07) is 0. The SMILES string of the molecule is CCCCCCC(=O)NC1(C(N)=S)CCN(C)CC1. The summed E-state index contributed by atoms with van der Waals surface area (Å²) in [7, 11) is 2.08. The molecule has 1 aliphatic rings. The molecular formula is C14H27N3OS. The zero-order valence-corrected chi connectivity index (χ0v) is 13.0. The average Bonchev–Trinajstić information content (AvgIpc) is 2.37. The Morgan fingerprint density at radius 3 is 2.47 bits per heavy atom. The van der Waals surface area contributed by atoms with Crippen molar-refractivity contribution in [2.75, 3.05) is 20.1 Å². The zero-order valence-electron chi connectivity index (χ0n) is 12.2. The van der Waals surface area contributed by atoms with Gasteiger partial charge in [0.05, 0.1) is 10.5 Å². The highest BCUT2D eigenvalue weighted by Crippen LogP contribution is 2.22. The van der Waals surface area contributed by atoms with Crippen LogP contribution in [-0.4, -0.2) is 41.5 Å². The topological polar surface area (TPSA) is 58.4 Å². The van der Waals surface area contributed by atoms with Crippen LogP contribution in [0.4, 0.5) is 0 Å². The molecule has 19 heavy (non-hydrogen) atoms. The van der Waals surface area contributed by atoms with E-state index in [9.17, 15) is 4.79 Å². The molecule has 1 fully saturated rings. The molecule has 1 aliphatic heterocycles. The van der Waals surface area contributed by atoms with E-state index < -0.39 is 5.54 Å². The third-order valence-electron chi connectivity index (χ3n) is 3.95. The van der Waals surface area contributed by atoms with Gasteiger partial charge in [0, 0.05) is 19.5 Å². The predicted octanol–water partition coefficient (Wildman–Crippen LogP) is 1.82. The lowest BCUT2D eigenvalue weighted by Crippen LogP contribution is -2.61. The molecule has 110 valence electrons. The van der Waals surface area contributed by atoms with Crippen LogP contribution in [0.2, 0.25) is 0 Å². The number of piperidine rings is 1. The van der Waals surface area contributed by atoms with Crippen LogP contribution in [0.25, 0.3) is 0 Å². The number of rotatable bonds is 7. The predicted molar refractivity (Wildman–Crippen MR) is 83.1 cm³/mol. The lowest BCUT2D eigenvalue weighted by Gasteiger charge is -2.40. The molecular weight excluding hydrogens is 258 g/mol. The highest BCUT2D eigenvalue weighted by Gasteiger charge is 2.37. The van der Waals surface area contributed by atoms with Gasteiger partial charge < -0.3 is 16.0 Å². The van der Waals surface area contributed by atoms with E-state index in [1.165, 1.54) is 12.8 Å². The van der Waals surface area contributed by atoms with E-state index in [2.05, 4.69) is 24.2 Å². The molecule has 4 nitrogen and oxygen atoms in total. The van der Waals surface area contributed by atoms with Gasteiger partial charge in [-0.3, -0.25) is 4.79 Å². The molecule has 0 saturated carbocycles. The molecule has 3 N–H and O–H groups in total. The maximum Gasteiger partial charge on any atom is 0.220 e. The first-order valence-electron chi connectivity index (χ1n) is 7.29. The van der Waals surface area contributed by atoms with Crippen LogP contribution < -0.4 is 11.1 Å². The van der Waals surface area contributed by atoms with Crippen LogP contribution in [-0.2, 0) is 4.79 Å². The standard InChI is InChI=1S/C14H27N3OS/c1-3-4-5-6-7-12(18)16-14(13(15)19)8-10-17(2)11-9-14/h3-11H2,1-2H3,(H2,15,19)(H,16,18). The minimum Gasteiger partial charge on any atom is -0.391 e. The zero-order chi connectivity index (χ0) is 14.3. The minimum atomic E-state index is -0.455. The number of nitrogens with one attached hydrogen (secondary N) is 1. The Kier molecular flexibility index (Phi) is 6.72. The monoisotopic (exact) mass is 285 g/mol. The molecule has 1 amide bonds. The number of likely N-dealkylation sites (tertiary alicyclic amines) is 1. The highest BCUT2D eigenvalue weighted by atomic mass is 32.1. The summed E-state index contributed by atoms with van der Waals surface area (Å²) >= 11 is 5.18. The van der Waals surface area contributed by atoms with Gasteiger partial charge in [0.1, 0.15) is 0 Å². The second-order valence-electron chi connectivity index (χ2n) is 5.61. The number of amides is 1. The van der Waals surface area contributed by atoms with Crippen LogP contribution >= 0.6 is 12.2 Å². The van der Waals surface area contributed by atoms with Crippen molar-refractivity contribution in [2.45, 2.75) is 57.4 Å². The summed E-state index contributed by atoms with van der Waals surface area (Å²) in [4.78, 5) is 14.7. The smallest absolute Gasteiger partial charge is 0.220 e. The number of nitrogens with two attached hydrogens (primary N) is 1. The van der Waals surface area contributed by atoms with Crippen LogP contribution in [0.5, 0.6) is 0 Å². The van der Waals surface area contributed by atoms with Crippen molar-refractivity contribution in [1.82, 2.24) is 10.2 Å². The summed E-state index contributed by atoms with van der Waals surface area (Å²) in [6.07, 6.45) is 6.67. The Bertz CT molecular complexity index is 312. The van der Waals surface area contributed by atoms with Gasteiger partial charge in [0.15, 0.2) is 0 Å². The first-order valence-corrected chi connectivity index (χ1v) is 7.70. The molecule has 0 unspecified atom stereocenters. The largest absolute Gasteiger partial charge is 0.391 e. The lowest BCUT2D eigenvalue weighted by atomic mass is 9.87. The molecule has 0 spiro atoms. The van der Waals surface area contributed by atoms with Gasteiger partial charge in [-0.05, 0) is 26.3 Å². The number of unbranched alkanes of at least 4 members (excludes halogenated alkanes) is 3. The molecule has 0 aromatic carbocycles. The molecule has 1 saturated heterocycles. The Morgan fingerprint density at radius 2 is 1.95 bits per heavy atom. The fourth-order valence-corrected chi connectivity index (χ4v) is 2.73. The van der Waals surface area contributed by atoms with Crippen LogP contribution in [0.15, 0.2) is 0 Å². The normalized spacial score (nSPS) is 19.1. The van der Waals surface area contributed by atoms with Crippen molar-refractivity contribution in [3.05, 3.63) is 0 Å². The summed E-state index contributed by atoms with van der Waals surface area (Å²) in [5.41, 5.74) is 5.42. The minimum absolute atomic E-state index is 0.0912. The van der Waals surface area contributed by atoms with Crippen molar-refractivity contribution in [3.63, 3.8) is 0 Å². The number of thiocarbonyl (C=S) groups is 1. The average molecular weight is 285 g/mol. The van der Waals surface area contributed by atoms with Gasteiger partial charge in [0.25, 0.3) is 0 Å². The van der Waals surface area contributed by atoms with E-state index in [0.717, 1.165) is 38.8 Å². The maximum atomic E-state index is 12.0. The molecule has 0 bridgehead atoms. The van der Waals surface area contributed by atoms with Crippen molar-refractivity contribution in [1.29, 1.82) is 0 Å². The number of hydrogen-bond acceptors (Lipinski definition) is 3. The van der Waals surface area contributed by atoms with Gasteiger partial charge in [-0.25, -0.2) is 0 Å². The first kappa shape index (κ1) is 16.4. The van der Waals surface area contributed by atoms with Crippen LogP contribution in [0, 0.1) is 0 Å². The molecule has 1 rings (SSSR count). The van der Waals surface area contributed by atoms with E-state index in [1.807, 2.05) is 0 Å². The van der Waals surface area contributed by atoms with Crippen molar-refractivity contribution >= 4 is 23.1 Å². The van der Waals surface area contributed by atoms with Gasteiger partial charge >= 0.3 is 0 Å². The van der Waals surface area contributed by atoms with Gasteiger partial charge in [-0.1, -0.05) is 38.4 Å². The number of nitrogens with zero attached hydrogens (tertiary/aromatic N) is 1. The Balaban J connectivity index is 2.45. The Labute approximate surface area is 122 Å². The summed E-state index contributed by atoms with van der Waals surface area (Å²) < 4.78 is 0. The van der Waals surface area contributed by atoms with Crippen molar-refractivity contribution < 1.29 is 4.79 Å². The molecule has 0 aromatic rings. The fraction of sp³-hybridized carbons (Fsp3) is 0.857.